The topological polar surface area (TPSA) is 128 Å². The molecule has 166 valence electrons. The van der Waals surface area contributed by atoms with Crippen molar-refractivity contribution in [3.63, 3.8) is 0 Å². The highest BCUT2D eigenvalue weighted by atomic mass is 32.2. The van der Waals surface area contributed by atoms with Gasteiger partial charge in [-0.2, -0.15) is 9.97 Å². The van der Waals surface area contributed by atoms with Gasteiger partial charge in [0.2, 0.25) is 11.6 Å². The predicted octanol–water partition coefficient (Wildman–Crippen LogP) is 2.25. The number of carbonyl (C=O) groups excluding carboxylic acids is 1. The molecule has 0 saturated carbocycles. The minimum atomic E-state index is -0.616. The van der Waals surface area contributed by atoms with E-state index >= 15 is 0 Å². The van der Waals surface area contributed by atoms with E-state index in [4.69, 9.17) is 10.5 Å². The zero-order valence-corrected chi connectivity index (χ0v) is 18.6. The minimum absolute atomic E-state index is 0.00439. The molecule has 0 aliphatic carbocycles. The highest BCUT2D eigenvalue weighted by Gasteiger charge is 2.29. The van der Waals surface area contributed by atoms with Crippen LogP contribution in [-0.2, 0) is 29.0 Å². The van der Waals surface area contributed by atoms with E-state index in [0.29, 0.717) is 5.16 Å². The van der Waals surface area contributed by atoms with Crippen LogP contribution in [0.15, 0.2) is 23.4 Å². The maximum atomic E-state index is 12.3. The lowest BCUT2D eigenvalue weighted by Crippen LogP contribution is -2.32. The molecule has 2 heterocycles. The lowest BCUT2D eigenvalue weighted by Gasteiger charge is -2.27. The second-order valence-corrected chi connectivity index (χ2v) is 8.05. The summed E-state index contributed by atoms with van der Waals surface area (Å²) in [7, 11) is 2.07. The second kappa shape index (κ2) is 9.92. The Balaban J connectivity index is 2.02. The number of nitrogen functional groups attached to an aromatic ring is 1. The Morgan fingerprint density at radius 2 is 2.16 bits per heavy atom. The zero-order valence-electron chi connectivity index (χ0n) is 17.8. The van der Waals surface area contributed by atoms with Crippen LogP contribution in [-0.4, -0.2) is 58.8 Å². The molecule has 3 rings (SSSR count). The smallest absolute Gasteiger partial charge is 0.353 e. The number of rotatable bonds is 8. The summed E-state index contributed by atoms with van der Waals surface area (Å²) in [6, 6.07) is 6.14. The summed E-state index contributed by atoms with van der Waals surface area (Å²) in [6.07, 6.45) is 2.73. The Bertz CT molecular complexity index is 986. The van der Waals surface area contributed by atoms with Crippen LogP contribution in [0.25, 0.3) is 0 Å². The van der Waals surface area contributed by atoms with Crippen molar-refractivity contribution in [3.05, 3.63) is 45.0 Å². The second-order valence-electron chi connectivity index (χ2n) is 7.28. The number of ether oxygens (including phenoxy) is 1. The van der Waals surface area contributed by atoms with Crippen molar-refractivity contribution < 1.29 is 14.5 Å². The van der Waals surface area contributed by atoms with E-state index in [1.54, 1.807) is 13.2 Å². The van der Waals surface area contributed by atoms with Crippen molar-refractivity contribution in [2.75, 3.05) is 43.6 Å². The van der Waals surface area contributed by atoms with Crippen LogP contribution in [0.5, 0.6) is 0 Å². The Kier molecular flexibility index (Phi) is 7.29. The summed E-state index contributed by atoms with van der Waals surface area (Å²) in [5.74, 6) is -0.734. The number of anilines is 2. The quantitative estimate of drug-likeness (QED) is 0.212. The Morgan fingerprint density at radius 3 is 2.84 bits per heavy atom. The molecule has 0 bridgehead atoms. The number of fused-ring (bicyclic) bond motifs is 1. The van der Waals surface area contributed by atoms with Gasteiger partial charge in [0.15, 0.2) is 5.16 Å². The summed E-state index contributed by atoms with van der Waals surface area (Å²) < 4.78 is 5.09. The number of carbonyl (C=O) groups is 1. The third kappa shape index (κ3) is 5.42. The molecule has 0 spiro atoms. The van der Waals surface area contributed by atoms with E-state index in [1.165, 1.54) is 27.8 Å². The largest absolute Gasteiger partial charge is 0.465 e. The number of benzene rings is 1. The van der Waals surface area contributed by atoms with Gasteiger partial charge in [-0.05, 0) is 43.3 Å². The van der Waals surface area contributed by atoms with Gasteiger partial charge >= 0.3 is 11.7 Å². The maximum Gasteiger partial charge on any atom is 0.353 e. The van der Waals surface area contributed by atoms with Gasteiger partial charge in [0.25, 0.3) is 0 Å². The van der Waals surface area contributed by atoms with Crippen LogP contribution in [0.3, 0.4) is 0 Å². The summed E-state index contributed by atoms with van der Waals surface area (Å²) >= 11 is 1.22. The molecule has 1 aliphatic rings. The van der Waals surface area contributed by atoms with Gasteiger partial charge in [0.1, 0.15) is 6.54 Å². The molecule has 31 heavy (non-hydrogen) atoms. The highest BCUT2D eigenvalue weighted by Crippen LogP contribution is 2.34. The van der Waals surface area contributed by atoms with Gasteiger partial charge in [-0.15, -0.1) is 0 Å². The predicted molar refractivity (Wildman–Crippen MR) is 119 cm³/mol. The zero-order chi connectivity index (χ0) is 22.5. The van der Waals surface area contributed by atoms with E-state index in [9.17, 15) is 14.9 Å². The molecule has 0 unspecified atom stereocenters. The highest BCUT2D eigenvalue weighted by molar-refractivity contribution is 7.98. The minimum Gasteiger partial charge on any atom is -0.465 e. The first-order valence-corrected chi connectivity index (χ1v) is 11.1. The fourth-order valence-electron chi connectivity index (χ4n) is 3.56. The lowest BCUT2D eigenvalue weighted by atomic mass is 9.97. The van der Waals surface area contributed by atoms with Crippen molar-refractivity contribution in [2.24, 2.45) is 0 Å². The van der Waals surface area contributed by atoms with Crippen molar-refractivity contribution in [3.8, 4) is 0 Å². The number of nitrogens with zero attached hydrogens (tertiary/aromatic N) is 5. The van der Waals surface area contributed by atoms with E-state index in [-0.39, 0.29) is 31.3 Å². The van der Waals surface area contributed by atoms with Crippen LogP contribution in [0, 0.1) is 10.1 Å². The van der Waals surface area contributed by atoms with Crippen molar-refractivity contribution >= 4 is 35.1 Å². The normalized spacial score (nSPS) is 13.5. The third-order valence-corrected chi connectivity index (χ3v) is 5.56. The molecule has 1 aliphatic heterocycles. The van der Waals surface area contributed by atoms with Crippen LogP contribution < -0.4 is 10.6 Å². The molecule has 1 aromatic carbocycles. The standard InChI is InChI=1S/C20H26N6O4S/c1-4-30-16(27)12-25(19-17(26(28)29)18(21)22-20(23-19)31-3)10-13-5-6-14-7-8-24(2)11-15(14)9-13/h5-6,9H,4,7-8,10-12H2,1-3H3,(H2,21,22,23). The fourth-order valence-corrected chi connectivity index (χ4v) is 3.93. The first kappa shape index (κ1) is 22.8. The molecule has 0 saturated heterocycles. The van der Waals surface area contributed by atoms with E-state index in [2.05, 4.69) is 34.0 Å². The number of esters is 1. The van der Waals surface area contributed by atoms with Crippen molar-refractivity contribution in [1.29, 1.82) is 0 Å². The molecule has 1 aromatic heterocycles. The van der Waals surface area contributed by atoms with Crippen molar-refractivity contribution in [1.82, 2.24) is 14.9 Å². The number of likely N-dealkylation sites (N-methyl/N-ethyl adjacent to an activating group) is 1. The van der Waals surface area contributed by atoms with Gasteiger partial charge < -0.3 is 20.3 Å². The van der Waals surface area contributed by atoms with Crippen molar-refractivity contribution in [2.45, 2.75) is 31.6 Å². The first-order valence-electron chi connectivity index (χ1n) is 9.88. The van der Waals surface area contributed by atoms with Crippen LogP contribution in [0.4, 0.5) is 17.3 Å². The van der Waals surface area contributed by atoms with Gasteiger partial charge in [0, 0.05) is 19.6 Å². The Hall–Kier alpha value is -2.92. The summed E-state index contributed by atoms with van der Waals surface area (Å²) in [6.45, 7) is 3.79. The van der Waals surface area contributed by atoms with E-state index in [0.717, 1.165) is 25.1 Å². The molecule has 0 atom stereocenters. The van der Waals surface area contributed by atoms with Gasteiger partial charge in [-0.3, -0.25) is 14.9 Å². The molecule has 2 N–H and O–H groups in total. The number of hydrogen-bond donors (Lipinski definition) is 1. The first-order chi connectivity index (χ1) is 14.8. The average molecular weight is 447 g/mol. The van der Waals surface area contributed by atoms with E-state index in [1.807, 2.05) is 6.07 Å². The summed E-state index contributed by atoms with van der Waals surface area (Å²) in [5.41, 5.74) is 8.87. The van der Waals surface area contributed by atoms with Crippen LogP contribution in [0.1, 0.15) is 23.6 Å². The average Bonchev–Trinajstić information content (AvgIpc) is 2.72. The summed E-state index contributed by atoms with van der Waals surface area (Å²) in [5, 5.41) is 12.0. The fraction of sp³-hybridized carbons (Fsp3) is 0.450. The lowest BCUT2D eigenvalue weighted by molar-refractivity contribution is -0.383. The maximum absolute atomic E-state index is 12.3. The number of hydrogen-bond acceptors (Lipinski definition) is 10. The number of nitro groups is 1. The Morgan fingerprint density at radius 1 is 1.39 bits per heavy atom. The third-order valence-electron chi connectivity index (χ3n) is 5.01. The van der Waals surface area contributed by atoms with Gasteiger partial charge in [-0.1, -0.05) is 30.0 Å². The molecular formula is C20H26N6O4S. The molecule has 0 radical (unpaired) electrons. The SMILES string of the molecule is CCOC(=O)CN(Cc1ccc2c(c1)CN(C)CC2)c1nc(SC)nc(N)c1[N+](=O)[O-]. The molecule has 11 heteroatoms. The van der Waals surface area contributed by atoms with Gasteiger partial charge in [0.05, 0.1) is 11.5 Å². The Labute approximate surface area is 184 Å². The number of nitrogens with two attached hydrogens (primary N) is 1. The molecular weight excluding hydrogens is 420 g/mol. The van der Waals surface area contributed by atoms with E-state index < -0.39 is 16.6 Å². The molecule has 10 nitrogen and oxygen atoms in total. The molecule has 0 fully saturated rings. The number of aromatic nitrogens is 2. The van der Waals surface area contributed by atoms with Crippen LogP contribution in [0.2, 0.25) is 0 Å². The number of thioether (sulfide) groups is 1. The summed E-state index contributed by atoms with van der Waals surface area (Å²) in [4.78, 5) is 35.5. The monoisotopic (exact) mass is 446 g/mol. The van der Waals surface area contributed by atoms with Gasteiger partial charge in [-0.25, -0.2) is 0 Å². The van der Waals surface area contributed by atoms with Crippen LogP contribution >= 0.6 is 11.8 Å². The molecule has 2 aromatic rings. The molecule has 0 amide bonds.